The van der Waals surface area contributed by atoms with Crippen LogP contribution in [0.1, 0.15) is 16.8 Å². The zero-order chi connectivity index (χ0) is 26.6. The molecule has 1 aliphatic heterocycles. The molecule has 0 amide bonds. The smallest absolute Gasteiger partial charge is 0.128 e. The second-order valence-electron chi connectivity index (χ2n) is 9.23. The third-order valence-electron chi connectivity index (χ3n) is 6.88. The van der Waals surface area contributed by atoms with Gasteiger partial charge in [0, 0.05) is 28.0 Å². The zero-order valence-electron chi connectivity index (χ0n) is 21.9. The van der Waals surface area contributed by atoms with Crippen LogP contribution in [0, 0.1) is 0 Å². The van der Waals surface area contributed by atoms with Crippen LogP contribution < -0.4 is 9.47 Å². The zero-order valence-corrected chi connectivity index (χ0v) is 21.9. The van der Waals surface area contributed by atoms with Crippen molar-refractivity contribution in [3.63, 3.8) is 0 Å². The molecule has 0 fully saturated rings. The highest BCUT2D eigenvalue weighted by Crippen LogP contribution is 2.38. The fourth-order valence-electron chi connectivity index (χ4n) is 4.98. The van der Waals surface area contributed by atoms with E-state index in [1.165, 1.54) is 0 Å². The fourth-order valence-corrected chi connectivity index (χ4v) is 4.98. The van der Waals surface area contributed by atoms with Gasteiger partial charge < -0.3 is 14.5 Å². The van der Waals surface area contributed by atoms with Crippen LogP contribution in [-0.4, -0.2) is 24.9 Å². The molecular weight excluding hydrogens is 480 g/mol. The van der Waals surface area contributed by atoms with Gasteiger partial charge in [-0.1, -0.05) is 84.9 Å². The lowest BCUT2D eigenvalue weighted by Gasteiger charge is -2.06. The molecule has 0 atom stereocenters. The molecule has 5 aromatic rings. The predicted octanol–water partition coefficient (Wildman–Crippen LogP) is 8.29. The Labute approximate surface area is 228 Å². The van der Waals surface area contributed by atoms with Crippen molar-refractivity contribution in [2.45, 2.75) is 0 Å². The summed E-state index contributed by atoms with van der Waals surface area (Å²) in [6, 6.07) is 39.0. The van der Waals surface area contributed by atoms with Crippen molar-refractivity contribution in [3.8, 4) is 33.9 Å². The van der Waals surface area contributed by atoms with Crippen LogP contribution in [-0.2, 0) is 0 Å². The van der Waals surface area contributed by atoms with Gasteiger partial charge in [0.15, 0.2) is 0 Å². The Kier molecular flexibility index (Phi) is 6.67. The van der Waals surface area contributed by atoms with Crippen molar-refractivity contribution in [1.82, 2.24) is 4.98 Å². The number of nitrogens with one attached hydrogen (secondary N) is 1. The number of nitrogens with zero attached hydrogens (tertiary/aromatic N) is 1. The SMILES string of the molecule is COc1ccccc1C1=N/C(=C\c2[nH]c(-c3ccccc3OC)cc2-c2ccccc2)C(c2ccccc2)=C1. The molecule has 4 nitrogen and oxygen atoms in total. The molecule has 4 heteroatoms. The van der Waals surface area contributed by atoms with Crippen LogP contribution in [0.25, 0.3) is 34.0 Å². The lowest BCUT2D eigenvalue weighted by molar-refractivity contribution is 0.414. The summed E-state index contributed by atoms with van der Waals surface area (Å²) in [6.07, 6.45) is 4.29. The summed E-state index contributed by atoms with van der Waals surface area (Å²) in [4.78, 5) is 8.80. The van der Waals surface area contributed by atoms with Gasteiger partial charge in [0.2, 0.25) is 0 Å². The van der Waals surface area contributed by atoms with E-state index in [0.717, 1.165) is 67.7 Å². The Morgan fingerprint density at radius 2 is 1.18 bits per heavy atom. The van der Waals surface area contributed by atoms with Crippen LogP contribution in [0.3, 0.4) is 0 Å². The fraction of sp³-hybridized carbons (Fsp3) is 0.0571. The number of hydrogen-bond donors (Lipinski definition) is 1. The van der Waals surface area contributed by atoms with Crippen molar-refractivity contribution in [2.24, 2.45) is 4.99 Å². The van der Waals surface area contributed by atoms with Crippen LogP contribution >= 0.6 is 0 Å². The van der Waals surface area contributed by atoms with E-state index in [4.69, 9.17) is 14.5 Å². The van der Waals surface area contributed by atoms with E-state index < -0.39 is 0 Å². The van der Waals surface area contributed by atoms with Gasteiger partial charge in [-0.05, 0) is 53.6 Å². The minimum atomic E-state index is 0.796. The molecule has 1 N–H and O–H groups in total. The molecule has 0 aliphatic carbocycles. The van der Waals surface area contributed by atoms with Crippen LogP contribution in [0.4, 0.5) is 0 Å². The summed E-state index contributed by atoms with van der Waals surface area (Å²) < 4.78 is 11.3. The van der Waals surface area contributed by atoms with E-state index in [-0.39, 0.29) is 0 Å². The normalized spacial score (nSPS) is 13.7. The van der Waals surface area contributed by atoms with Gasteiger partial charge in [0.05, 0.1) is 31.3 Å². The maximum Gasteiger partial charge on any atom is 0.128 e. The second-order valence-corrected chi connectivity index (χ2v) is 9.23. The molecule has 190 valence electrons. The molecular formula is C35H28N2O2. The third-order valence-corrected chi connectivity index (χ3v) is 6.88. The van der Waals surface area contributed by atoms with Crippen molar-refractivity contribution < 1.29 is 9.47 Å². The number of methoxy groups -OCH3 is 2. The summed E-state index contributed by atoms with van der Waals surface area (Å²) in [6.45, 7) is 0. The average Bonchev–Trinajstić information content (AvgIpc) is 3.63. The van der Waals surface area contributed by atoms with E-state index in [0.29, 0.717) is 0 Å². The Balaban J connectivity index is 1.54. The molecule has 0 unspecified atom stereocenters. The molecule has 0 saturated heterocycles. The number of benzene rings is 4. The lowest BCUT2D eigenvalue weighted by atomic mass is 10.00. The first-order valence-electron chi connectivity index (χ1n) is 12.9. The molecule has 0 bridgehead atoms. The third kappa shape index (κ3) is 4.80. The summed E-state index contributed by atoms with van der Waals surface area (Å²) in [5.74, 6) is 1.62. The minimum Gasteiger partial charge on any atom is -0.496 e. The van der Waals surface area contributed by atoms with Gasteiger partial charge in [-0.2, -0.15) is 0 Å². The summed E-state index contributed by atoms with van der Waals surface area (Å²) >= 11 is 0. The van der Waals surface area contributed by atoms with Crippen LogP contribution in [0.2, 0.25) is 0 Å². The molecule has 4 aromatic carbocycles. The van der Waals surface area contributed by atoms with Gasteiger partial charge >= 0.3 is 0 Å². The Morgan fingerprint density at radius 1 is 0.615 bits per heavy atom. The van der Waals surface area contributed by atoms with Gasteiger partial charge in [0.1, 0.15) is 11.5 Å². The molecule has 2 heterocycles. The quantitative estimate of drug-likeness (QED) is 0.240. The number of hydrogen-bond acceptors (Lipinski definition) is 3. The van der Waals surface area contributed by atoms with E-state index >= 15 is 0 Å². The number of aromatic nitrogens is 1. The summed E-state index contributed by atoms with van der Waals surface area (Å²) in [5, 5.41) is 0. The highest BCUT2D eigenvalue weighted by atomic mass is 16.5. The van der Waals surface area contributed by atoms with E-state index in [2.05, 4.69) is 77.8 Å². The van der Waals surface area contributed by atoms with Crippen molar-refractivity contribution >= 4 is 17.4 Å². The number of H-pyrrole nitrogens is 1. The van der Waals surface area contributed by atoms with Crippen molar-refractivity contribution in [3.05, 3.63) is 144 Å². The standard InChI is InChI=1S/C35H28N2O2/c1-38-34-19-11-9-17-26(34)30-21-28(24-13-5-3-6-14-24)32(36-30)23-33-29(25-15-7-4-8-16-25)22-31(37-33)27-18-10-12-20-35(27)39-2/h3-23,36H,1-2H3/b33-23-. The maximum absolute atomic E-state index is 5.67. The highest BCUT2D eigenvalue weighted by molar-refractivity contribution is 6.20. The maximum atomic E-state index is 5.67. The Hall–Kier alpha value is -5.09. The molecule has 0 spiro atoms. The van der Waals surface area contributed by atoms with E-state index in [9.17, 15) is 0 Å². The van der Waals surface area contributed by atoms with Crippen LogP contribution in [0.15, 0.2) is 132 Å². The topological polar surface area (TPSA) is 46.6 Å². The first kappa shape index (κ1) is 24.3. The number of ether oxygens (including phenoxy) is 2. The summed E-state index contributed by atoms with van der Waals surface area (Å²) in [5.41, 5.74) is 10.1. The Morgan fingerprint density at radius 3 is 1.85 bits per heavy atom. The van der Waals surface area contributed by atoms with E-state index in [1.807, 2.05) is 54.6 Å². The van der Waals surface area contributed by atoms with Crippen molar-refractivity contribution in [1.29, 1.82) is 0 Å². The molecule has 1 aromatic heterocycles. The number of rotatable bonds is 7. The van der Waals surface area contributed by atoms with Crippen LogP contribution in [0.5, 0.6) is 11.5 Å². The van der Waals surface area contributed by atoms with Crippen molar-refractivity contribution in [2.75, 3.05) is 14.2 Å². The first-order valence-corrected chi connectivity index (χ1v) is 12.9. The largest absolute Gasteiger partial charge is 0.496 e. The Bertz CT molecular complexity index is 1710. The number of aliphatic imine (C=N–C) groups is 1. The second kappa shape index (κ2) is 10.7. The molecule has 39 heavy (non-hydrogen) atoms. The van der Waals surface area contributed by atoms with E-state index in [1.54, 1.807) is 14.2 Å². The highest BCUT2D eigenvalue weighted by Gasteiger charge is 2.21. The van der Waals surface area contributed by atoms with Gasteiger partial charge in [0.25, 0.3) is 0 Å². The van der Waals surface area contributed by atoms with Gasteiger partial charge in [-0.15, -0.1) is 0 Å². The average molecular weight is 509 g/mol. The summed E-state index contributed by atoms with van der Waals surface area (Å²) in [7, 11) is 3.39. The molecule has 1 aliphatic rings. The number of para-hydroxylation sites is 2. The monoisotopic (exact) mass is 508 g/mol. The number of aromatic amines is 1. The van der Waals surface area contributed by atoms with Gasteiger partial charge in [-0.3, -0.25) is 0 Å². The number of allylic oxidation sites excluding steroid dienone is 2. The molecule has 6 rings (SSSR count). The molecule has 0 radical (unpaired) electrons. The van der Waals surface area contributed by atoms with Gasteiger partial charge in [-0.25, -0.2) is 4.99 Å². The first-order chi connectivity index (χ1) is 19.2. The lowest BCUT2D eigenvalue weighted by Crippen LogP contribution is -1.98. The predicted molar refractivity (Wildman–Crippen MR) is 160 cm³/mol. The molecule has 0 saturated carbocycles. The minimum absolute atomic E-state index is 0.796.